The van der Waals surface area contributed by atoms with Crippen LogP contribution in [0.2, 0.25) is 0 Å². The summed E-state index contributed by atoms with van der Waals surface area (Å²) in [5.41, 5.74) is 0.871. The second-order valence-corrected chi connectivity index (χ2v) is 4.15. The van der Waals surface area contributed by atoms with Crippen molar-refractivity contribution in [2.75, 3.05) is 7.11 Å². The summed E-state index contributed by atoms with van der Waals surface area (Å²) in [5, 5.41) is 0. The van der Waals surface area contributed by atoms with E-state index in [1.807, 2.05) is 0 Å². The Morgan fingerprint density at radius 3 is 2.48 bits per heavy atom. The first-order valence-corrected chi connectivity index (χ1v) is 5.92. The smallest absolute Gasteiger partial charge is 0.497 e. The lowest BCUT2D eigenvalue weighted by Gasteiger charge is -2.14. The van der Waals surface area contributed by atoms with Crippen LogP contribution in [0, 0.1) is 0 Å². The quantitative estimate of drug-likeness (QED) is 0.798. The molecule has 110 valence electrons. The minimum absolute atomic E-state index is 0.163. The molecule has 0 amide bonds. The largest absolute Gasteiger partial charge is 0.573 e. The maximum Gasteiger partial charge on any atom is 0.573 e. The number of aldehydes is 1. The molecule has 0 spiro atoms. The average molecular weight is 296 g/mol. The summed E-state index contributed by atoms with van der Waals surface area (Å²) in [7, 11) is 1.45. The Labute approximate surface area is 118 Å². The van der Waals surface area contributed by atoms with Crippen molar-refractivity contribution in [3.63, 3.8) is 0 Å². The third-order valence-corrected chi connectivity index (χ3v) is 2.75. The van der Waals surface area contributed by atoms with Crippen LogP contribution in [0.5, 0.6) is 11.5 Å². The predicted molar refractivity (Wildman–Crippen MR) is 70.5 cm³/mol. The maximum atomic E-state index is 12.4. The normalized spacial score (nSPS) is 11.0. The second kappa shape index (κ2) is 5.87. The van der Waals surface area contributed by atoms with E-state index in [0.717, 1.165) is 6.07 Å². The van der Waals surface area contributed by atoms with Crippen molar-refractivity contribution in [3.8, 4) is 22.6 Å². The van der Waals surface area contributed by atoms with Gasteiger partial charge in [0.2, 0.25) is 0 Å². The van der Waals surface area contributed by atoms with Gasteiger partial charge in [-0.05, 0) is 35.9 Å². The van der Waals surface area contributed by atoms with Crippen LogP contribution in [0.4, 0.5) is 13.2 Å². The van der Waals surface area contributed by atoms with Gasteiger partial charge in [0.15, 0.2) is 0 Å². The maximum absolute atomic E-state index is 12.4. The summed E-state index contributed by atoms with van der Waals surface area (Å²) in [6.45, 7) is 0. The third kappa shape index (κ3) is 3.75. The Hall–Kier alpha value is -2.50. The molecule has 2 rings (SSSR count). The second-order valence-electron chi connectivity index (χ2n) is 4.15. The monoisotopic (exact) mass is 296 g/mol. The van der Waals surface area contributed by atoms with Crippen molar-refractivity contribution in [1.82, 2.24) is 0 Å². The van der Waals surface area contributed by atoms with Gasteiger partial charge < -0.3 is 9.47 Å². The zero-order valence-corrected chi connectivity index (χ0v) is 11.0. The summed E-state index contributed by atoms with van der Waals surface area (Å²) in [6.07, 6.45) is -4.25. The molecule has 0 atom stereocenters. The molecule has 2 aromatic rings. The van der Waals surface area contributed by atoms with Gasteiger partial charge in [-0.2, -0.15) is 0 Å². The Kier molecular flexibility index (Phi) is 4.16. The van der Waals surface area contributed by atoms with Crippen molar-refractivity contribution in [1.29, 1.82) is 0 Å². The number of carbonyl (C=O) groups is 1. The van der Waals surface area contributed by atoms with Crippen LogP contribution in [0.1, 0.15) is 10.4 Å². The van der Waals surface area contributed by atoms with Gasteiger partial charge in [-0.15, -0.1) is 13.2 Å². The number of halogens is 3. The highest BCUT2D eigenvalue weighted by atomic mass is 19.4. The van der Waals surface area contributed by atoms with E-state index in [4.69, 9.17) is 4.74 Å². The van der Waals surface area contributed by atoms with Crippen molar-refractivity contribution < 1.29 is 27.4 Å². The molecule has 0 saturated heterocycles. The van der Waals surface area contributed by atoms with E-state index < -0.39 is 6.36 Å². The number of methoxy groups -OCH3 is 1. The van der Waals surface area contributed by atoms with Crippen LogP contribution >= 0.6 is 0 Å². The molecule has 0 unspecified atom stereocenters. The molecule has 21 heavy (non-hydrogen) atoms. The molecule has 0 heterocycles. The number of rotatable bonds is 4. The number of alkyl halides is 3. The summed E-state index contributed by atoms with van der Waals surface area (Å²) in [4.78, 5) is 10.8. The lowest BCUT2D eigenvalue weighted by molar-refractivity contribution is -0.274. The fourth-order valence-electron chi connectivity index (χ4n) is 1.85. The topological polar surface area (TPSA) is 35.5 Å². The van der Waals surface area contributed by atoms with E-state index in [2.05, 4.69) is 4.74 Å². The van der Waals surface area contributed by atoms with Gasteiger partial charge in [0.1, 0.15) is 17.8 Å². The molecule has 0 N–H and O–H groups in total. The number of hydrogen-bond donors (Lipinski definition) is 0. The van der Waals surface area contributed by atoms with Crippen LogP contribution < -0.4 is 9.47 Å². The molecule has 0 saturated carbocycles. The number of carbonyl (C=O) groups excluding carboxylic acids is 1. The van der Waals surface area contributed by atoms with Crippen molar-refractivity contribution in [2.45, 2.75) is 6.36 Å². The van der Waals surface area contributed by atoms with E-state index in [1.54, 1.807) is 24.3 Å². The molecule has 6 heteroatoms. The minimum Gasteiger partial charge on any atom is -0.497 e. The molecule has 0 aliphatic carbocycles. The number of hydrogen-bond acceptors (Lipinski definition) is 3. The summed E-state index contributed by atoms with van der Waals surface area (Å²) >= 11 is 0. The fraction of sp³-hybridized carbons (Fsp3) is 0.133. The Bertz CT molecular complexity index is 651. The highest BCUT2D eigenvalue weighted by molar-refractivity contribution is 5.81. The first-order valence-electron chi connectivity index (χ1n) is 5.92. The van der Waals surface area contributed by atoms with Gasteiger partial charge in [-0.25, -0.2) is 0 Å². The Morgan fingerprint density at radius 1 is 1.10 bits per heavy atom. The zero-order chi connectivity index (χ0) is 15.5. The molecule has 0 aromatic heterocycles. The van der Waals surface area contributed by atoms with E-state index in [9.17, 15) is 18.0 Å². The molecular weight excluding hydrogens is 285 g/mol. The fourth-order valence-corrected chi connectivity index (χ4v) is 1.85. The van der Waals surface area contributed by atoms with Gasteiger partial charge in [0, 0.05) is 11.1 Å². The van der Waals surface area contributed by atoms with Crippen LogP contribution in [0.15, 0.2) is 42.5 Å². The van der Waals surface area contributed by atoms with E-state index in [1.165, 1.54) is 19.2 Å². The van der Waals surface area contributed by atoms with Gasteiger partial charge in [-0.3, -0.25) is 4.79 Å². The lowest BCUT2D eigenvalue weighted by atomic mass is 10.0. The van der Waals surface area contributed by atoms with Crippen LogP contribution in [-0.2, 0) is 0 Å². The molecule has 0 bridgehead atoms. The van der Waals surface area contributed by atoms with Crippen LogP contribution in [0.25, 0.3) is 11.1 Å². The standard InChI is InChI=1S/C15H11F3O3/c1-20-12-4-2-3-11(8-12)13-7-10(9-19)5-6-14(13)21-15(16,17)18/h2-9H,1H3. The minimum atomic E-state index is -4.81. The van der Waals surface area contributed by atoms with Crippen molar-refractivity contribution in [2.24, 2.45) is 0 Å². The summed E-state index contributed by atoms with van der Waals surface area (Å²) in [6, 6.07) is 10.2. The van der Waals surface area contributed by atoms with Gasteiger partial charge in [0.05, 0.1) is 7.11 Å². The first kappa shape index (κ1) is 14.9. The molecule has 0 radical (unpaired) electrons. The molecule has 2 aromatic carbocycles. The highest BCUT2D eigenvalue weighted by Gasteiger charge is 2.32. The molecule has 0 aliphatic rings. The third-order valence-electron chi connectivity index (χ3n) is 2.75. The average Bonchev–Trinajstić information content (AvgIpc) is 2.46. The van der Waals surface area contributed by atoms with Crippen LogP contribution in [-0.4, -0.2) is 19.8 Å². The zero-order valence-electron chi connectivity index (χ0n) is 11.0. The number of ether oxygens (including phenoxy) is 2. The highest BCUT2D eigenvalue weighted by Crippen LogP contribution is 2.35. The summed E-state index contributed by atoms with van der Waals surface area (Å²) < 4.78 is 46.4. The summed E-state index contributed by atoms with van der Waals surface area (Å²) in [5.74, 6) is 0.114. The lowest BCUT2D eigenvalue weighted by Crippen LogP contribution is -2.17. The van der Waals surface area contributed by atoms with Gasteiger partial charge in [0.25, 0.3) is 0 Å². The predicted octanol–water partition coefficient (Wildman–Crippen LogP) is 4.07. The molecule has 3 nitrogen and oxygen atoms in total. The van der Waals surface area contributed by atoms with E-state index >= 15 is 0 Å². The number of benzene rings is 2. The molecular formula is C15H11F3O3. The van der Waals surface area contributed by atoms with Gasteiger partial charge in [-0.1, -0.05) is 12.1 Å². The molecule has 0 aliphatic heterocycles. The first-order chi connectivity index (χ1) is 9.93. The Balaban J connectivity index is 2.55. The Morgan fingerprint density at radius 2 is 1.86 bits per heavy atom. The SMILES string of the molecule is COc1cccc(-c2cc(C=O)ccc2OC(F)(F)F)c1. The molecule has 0 fully saturated rings. The van der Waals surface area contributed by atoms with Crippen molar-refractivity contribution in [3.05, 3.63) is 48.0 Å². The van der Waals surface area contributed by atoms with E-state index in [0.29, 0.717) is 17.6 Å². The van der Waals surface area contributed by atoms with Crippen molar-refractivity contribution >= 4 is 6.29 Å². The van der Waals surface area contributed by atoms with Crippen LogP contribution in [0.3, 0.4) is 0 Å². The van der Waals surface area contributed by atoms with E-state index in [-0.39, 0.29) is 16.9 Å². The van der Waals surface area contributed by atoms with Gasteiger partial charge >= 0.3 is 6.36 Å².